The first-order chi connectivity index (χ1) is 14.2. The van der Waals surface area contributed by atoms with Gasteiger partial charge in [-0.2, -0.15) is 0 Å². The summed E-state index contributed by atoms with van der Waals surface area (Å²) < 4.78 is 5.39. The Bertz CT molecular complexity index is 1000. The van der Waals surface area contributed by atoms with Crippen LogP contribution in [0.4, 0.5) is 11.4 Å². The van der Waals surface area contributed by atoms with Crippen molar-refractivity contribution in [2.45, 2.75) is 25.8 Å². The van der Waals surface area contributed by atoms with Gasteiger partial charge in [-0.25, -0.2) is 4.98 Å². The Morgan fingerprint density at radius 2 is 1.93 bits per heavy atom. The average Bonchev–Trinajstić information content (AvgIpc) is 3.09. The third-order valence-corrected chi connectivity index (χ3v) is 5.32. The number of ether oxygens (including phenoxy) is 1. The molecule has 0 saturated heterocycles. The molecule has 0 fully saturated rings. The Labute approximate surface area is 171 Å². The number of carbonyl (C=O) groups is 1. The van der Waals surface area contributed by atoms with E-state index in [1.165, 1.54) is 5.56 Å². The predicted molar refractivity (Wildman–Crippen MR) is 116 cm³/mol. The molecule has 1 aromatic heterocycles. The van der Waals surface area contributed by atoms with Gasteiger partial charge in [0.05, 0.1) is 19.0 Å². The average molecular weight is 387 g/mol. The number of carbonyl (C=O) groups excluding carboxylic acids is 1. The summed E-state index contributed by atoms with van der Waals surface area (Å²) >= 11 is 0. The van der Waals surface area contributed by atoms with E-state index in [4.69, 9.17) is 4.74 Å². The van der Waals surface area contributed by atoms with Crippen LogP contribution in [0.1, 0.15) is 28.5 Å². The molecule has 1 amide bonds. The first kappa shape index (κ1) is 19.0. The van der Waals surface area contributed by atoms with Crippen LogP contribution in [-0.2, 0) is 12.8 Å². The second-order valence-electron chi connectivity index (χ2n) is 7.28. The standard InChI is InChI=1S/C24H25N3O2/c1-17-15-19-8-3-5-9-22(19)27(17)24(28)21-12-11-20(16-26-21)25-14-13-18-7-4-6-10-23(18)29-2/h3-12,16-17,25H,13-15H2,1-2H3. The molecule has 0 saturated carbocycles. The highest BCUT2D eigenvalue weighted by molar-refractivity contribution is 6.06. The fraction of sp³-hybridized carbons (Fsp3) is 0.250. The highest BCUT2D eigenvalue weighted by Crippen LogP contribution is 2.32. The number of anilines is 2. The Morgan fingerprint density at radius 1 is 1.14 bits per heavy atom. The van der Waals surface area contributed by atoms with Gasteiger partial charge in [-0.1, -0.05) is 36.4 Å². The van der Waals surface area contributed by atoms with E-state index in [0.717, 1.165) is 42.1 Å². The number of pyridine rings is 1. The number of aromatic nitrogens is 1. The van der Waals surface area contributed by atoms with Crippen molar-refractivity contribution in [2.24, 2.45) is 0 Å². The first-order valence-electron chi connectivity index (χ1n) is 9.90. The summed E-state index contributed by atoms with van der Waals surface area (Å²) in [5.74, 6) is 0.844. The van der Waals surface area contributed by atoms with Crippen LogP contribution in [0.15, 0.2) is 66.9 Å². The number of rotatable bonds is 6. The predicted octanol–water partition coefficient (Wildman–Crippen LogP) is 4.34. The van der Waals surface area contributed by atoms with E-state index in [-0.39, 0.29) is 11.9 Å². The molecule has 1 N–H and O–H groups in total. The van der Waals surface area contributed by atoms with Gasteiger partial charge in [-0.05, 0) is 55.2 Å². The highest BCUT2D eigenvalue weighted by atomic mass is 16.5. The molecule has 0 aliphatic carbocycles. The molecule has 1 aliphatic heterocycles. The van der Waals surface area contributed by atoms with Gasteiger partial charge in [0, 0.05) is 18.3 Å². The summed E-state index contributed by atoms with van der Waals surface area (Å²) in [6.07, 6.45) is 3.44. The molecule has 1 unspecified atom stereocenters. The maximum absolute atomic E-state index is 13.0. The van der Waals surface area contributed by atoms with Gasteiger partial charge >= 0.3 is 0 Å². The van der Waals surface area contributed by atoms with Gasteiger partial charge in [0.25, 0.3) is 5.91 Å². The van der Waals surface area contributed by atoms with Crippen molar-refractivity contribution in [1.29, 1.82) is 0 Å². The molecule has 2 aromatic carbocycles. The van der Waals surface area contributed by atoms with Gasteiger partial charge < -0.3 is 15.0 Å². The zero-order valence-electron chi connectivity index (χ0n) is 16.8. The Balaban J connectivity index is 1.40. The monoisotopic (exact) mass is 387 g/mol. The summed E-state index contributed by atoms with van der Waals surface area (Å²) in [7, 11) is 1.69. The topological polar surface area (TPSA) is 54.5 Å². The highest BCUT2D eigenvalue weighted by Gasteiger charge is 2.31. The second kappa shape index (κ2) is 8.35. The van der Waals surface area contributed by atoms with Gasteiger partial charge in [0.2, 0.25) is 0 Å². The number of hydrogen-bond acceptors (Lipinski definition) is 4. The van der Waals surface area contributed by atoms with Gasteiger partial charge in [-0.3, -0.25) is 4.79 Å². The normalized spacial score (nSPS) is 15.1. The van der Waals surface area contributed by atoms with Crippen LogP contribution in [0.5, 0.6) is 5.75 Å². The molecule has 29 heavy (non-hydrogen) atoms. The maximum atomic E-state index is 13.0. The fourth-order valence-corrected chi connectivity index (χ4v) is 3.87. The van der Waals surface area contributed by atoms with Crippen LogP contribution in [0.3, 0.4) is 0 Å². The van der Waals surface area contributed by atoms with Crippen molar-refractivity contribution in [3.05, 3.63) is 83.7 Å². The fourth-order valence-electron chi connectivity index (χ4n) is 3.87. The molecular formula is C24H25N3O2. The Kier molecular flexibility index (Phi) is 5.47. The van der Waals surface area contributed by atoms with E-state index in [1.54, 1.807) is 19.4 Å². The van der Waals surface area contributed by atoms with Crippen LogP contribution in [0, 0.1) is 0 Å². The van der Waals surface area contributed by atoms with Crippen LogP contribution in [0.2, 0.25) is 0 Å². The third-order valence-electron chi connectivity index (χ3n) is 5.32. The van der Waals surface area contributed by atoms with Gasteiger partial charge in [-0.15, -0.1) is 0 Å². The molecule has 1 aliphatic rings. The number of nitrogens with one attached hydrogen (secondary N) is 1. The molecule has 148 valence electrons. The molecule has 1 atom stereocenters. The van der Waals surface area contributed by atoms with Gasteiger partial charge in [0.1, 0.15) is 11.4 Å². The molecule has 5 nitrogen and oxygen atoms in total. The number of para-hydroxylation sites is 2. The Hall–Kier alpha value is -3.34. The lowest BCUT2D eigenvalue weighted by Gasteiger charge is -2.22. The number of amides is 1. The number of nitrogens with zero attached hydrogens (tertiary/aromatic N) is 2. The number of fused-ring (bicyclic) bond motifs is 1. The molecular weight excluding hydrogens is 362 g/mol. The number of methoxy groups -OCH3 is 1. The molecule has 2 heterocycles. The molecule has 0 radical (unpaired) electrons. The lowest BCUT2D eigenvalue weighted by molar-refractivity contribution is 0.0976. The van der Waals surface area contributed by atoms with Crippen molar-refractivity contribution in [1.82, 2.24) is 4.98 Å². The summed E-state index contributed by atoms with van der Waals surface area (Å²) in [5.41, 5.74) is 4.72. The molecule has 5 heteroatoms. The lowest BCUT2D eigenvalue weighted by atomic mass is 10.1. The number of hydrogen-bond donors (Lipinski definition) is 1. The minimum atomic E-state index is -0.0528. The maximum Gasteiger partial charge on any atom is 0.277 e. The van der Waals surface area contributed by atoms with Crippen molar-refractivity contribution in [2.75, 3.05) is 23.9 Å². The lowest BCUT2D eigenvalue weighted by Crippen LogP contribution is -2.36. The minimum Gasteiger partial charge on any atom is -0.496 e. The third kappa shape index (κ3) is 3.94. The summed E-state index contributed by atoms with van der Waals surface area (Å²) in [6.45, 7) is 2.83. The van der Waals surface area contributed by atoms with E-state index < -0.39 is 0 Å². The van der Waals surface area contributed by atoms with E-state index in [9.17, 15) is 4.79 Å². The molecule has 0 spiro atoms. The van der Waals surface area contributed by atoms with Crippen LogP contribution in [-0.4, -0.2) is 30.6 Å². The van der Waals surface area contributed by atoms with Crippen molar-refractivity contribution < 1.29 is 9.53 Å². The second-order valence-corrected chi connectivity index (χ2v) is 7.28. The van der Waals surface area contributed by atoms with E-state index in [1.807, 2.05) is 47.4 Å². The zero-order chi connectivity index (χ0) is 20.2. The summed E-state index contributed by atoms with van der Waals surface area (Å²) in [6, 6.07) is 19.9. The Morgan fingerprint density at radius 3 is 2.72 bits per heavy atom. The smallest absolute Gasteiger partial charge is 0.277 e. The first-order valence-corrected chi connectivity index (χ1v) is 9.90. The van der Waals surface area contributed by atoms with Crippen LogP contribution in [0.25, 0.3) is 0 Å². The molecule has 4 rings (SSSR count). The van der Waals surface area contributed by atoms with Crippen molar-refractivity contribution >= 4 is 17.3 Å². The summed E-state index contributed by atoms with van der Waals surface area (Å²) in [4.78, 5) is 19.3. The van der Waals surface area contributed by atoms with Crippen LogP contribution < -0.4 is 15.0 Å². The minimum absolute atomic E-state index is 0.0528. The molecule has 3 aromatic rings. The van der Waals surface area contributed by atoms with Crippen molar-refractivity contribution in [3.63, 3.8) is 0 Å². The van der Waals surface area contributed by atoms with E-state index in [2.05, 4.69) is 29.4 Å². The SMILES string of the molecule is COc1ccccc1CCNc1ccc(C(=O)N2c3ccccc3CC2C)nc1. The summed E-state index contributed by atoms with van der Waals surface area (Å²) in [5, 5.41) is 3.36. The largest absolute Gasteiger partial charge is 0.496 e. The van der Waals surface area contributed by atoms with Crippen LogP contribution >= 0.6 is 0 Å². The zero-order valence-corrected chi connectivity index (χ0v) is 16.8. The molecule has 0 bridgehead atoms. The van der Waals surface area contributed by atoms with E-state index in [0.29, 0.717) is 5.69 Å². The van der Waals surface area contributed by atoms with Gasteiger partial charge in [0.15, 0.2) is 0 Å². The number of benzene rings is 2. The van der Waals surface area contributed by atoms with Crippen molar-refractivity contribution in [3.8, 4) is 5.75 Å². The van der Waals surface area contributed by atoms with E-state index >= 15 is 0 Å². The quantitative estimate of drug-likeness (QED) is 0.684.